The van der Waals surface area contributed by atoms with Gasteiger partial charge >= 0.3 is 0 Å². The van der Waals surface area contributed by atoms with Crippen LogP contribution in [-0.2, 0) is 6.54 Å². The van der Waals surface area contributed by atoms with Crippen LogP contribution < -0.4 is 0 Å². The highest BCUT2D eigenvalue weighted by molar-refractivity contribution is 5.93. The molecular weight excluding hydrogens is 228 g/mol. The molecule has 0 saturated heterocycles. The van der Waals surface area contributed by atoms with Gasteiger partial charge in [0, 0.05) is 33.0 Å². The Balaban J connectivity index is 2.31. The summed E-state index contributed by atoms with van der Waals surface area (Å²) in [7, 11) is 3.45. The summed E-state index contributed by atoms with van der Waals surface area (Å²) in [4.78, 5) is 17.6. The Bertz CT molecular complexity index is 542. The number of aryl methyl sites for hydroxylation is 1. The Morgan fingerprint density at radius 3 is 2.67 bits per heavy atom. The number of rotatable bonds is 3. The zero-order chi connectivity index (χ0) is 13.1. The van der Waals surface area contributed by atoms with Crippen LogP contribution in [0.3, 0.4) is 0 Å². The first kappa shape index (κ1) is 12.3. The van der Waals surface area contributed by atoms with Crippen molar-refractivity contribution >= 4 is 5.91 Å². The van der Waals surface area contributed by atoms with Crippen LogP contribution in [0.1, 0.15) is 17.3 Å². The van der Waals surface area contributed by atoms with Gasteiger partial charge in [0.15, 0.2) is 0 Å². The van der Waals surface area contributed by atoms with E-state index in [9.17, 15) is 4.79 Å². The second-order valence-electron chi connectivity index (χ2n) is 4.16. The smallest absolute Gasteiger partial charge is 0.254 e. The molecule has 0 fully saturated rings. The molecule has 0 N–H and O–H groups in total. The molecule has 0 aliphatic carbocycles. The highest BCUT2D eigenvalue weighted by Gasteiger charge is 2.10. The summed E-state index contributed by atoms with van der Waals surface area (Å²) in [6.07, 6.45) is 3.35. The van der Waals surface area contributed by atoms with Gasteiger partial charge in [0.25, 0.3) is 5.91 Å². The lowest BCUT2D eigenvalue weighted by Crippen LogP contribution is -2.21. The Morgan fingerprint density at radius 1 is 1.33 bits per heavy atom. The lowest BCUT2D eigenvalue weighted by atomic mass is 10.2. The molecule has 0 atom stereocenters. The van der Waals surface area contributed by atoms with Crippen molar-refractivity contribution in [3.05, 3.63) is 36.2 Å². The quantitative estimate of drug-likeness (QED) is 0.825. The molecule has 0 aliphatic heterocycles. The van der Waals surface area contributed by atoms with Gasteiger partial charge in [-0.15, -0.1) is 0 Å². The maximum Gasteiger partial charge on any atom is 0.254 e. The topological polar surface area (TPSA) is 51.0 Å². The first-order valence-electron chi connectivity index (χ1n) is 5.83. The maximum atomic E-state index is 11.7. The number of hydrogen-bond acceptors (Lipinski definition) is 3. The fourth-order valence-corrected chi connectivity index (χ4v) is 1.73. The molecule has 2 heterocycles. The van der Waals surface area contributed by atoms with Crippen molar-refractivity contribution in [1.29, 1.82) is 0 Å². The predicted molar refractivity (Wildman–Crippen MR) is 69.1 cm³/mol. The van der Waals surface area contributed by atoms with Crippen LogP contribution in [-0.4, -0.2) is 39.7 Å². The summed E-state index contributed by atoms with van der Waals surface area (Å²) in [6, 6.07) is 5.55. The van der Waals surface area contributed by atoms with Gasteiger partial charge in [-0.3, -0.25) is 14.5 Å². The molecule has 0 saturated carbocycles. The number of pyridine rings is 1. The van der Waals surface area contributed by atoms with E-state index in [0.717, 1.165) is 17.9 Å². The third-order valence-corrected chi connectivity index (χ3v) is 2.70. The minimum absolute atomic E-state index is 0.0435. The Labute approximate surface area is 106 Å². The summed E-state index contributed by atoms with van der Waals surface area (Å²) < 4.78 is 1.87. The van der Waals surface area contributed by atoms with E-state index in [-0.39, 0.29) is 5.91 Å². The molecule has 0 aromatic carbocycles. The average molecular weight is 244 g/mol. The third-order valence-electron chi connectivity index (χ3n) is 2.70. The maximum absolute atomic E-state index is 11.7. The van der Waals surface area contributed by atoms with Crippen molar-refractivity contribution in [3.8, 4) is 11.4 Å². The van der Waals surface area contributed by atoms with Crippen molar-refractivity contribution in [2.75, 3.05) is 14.1 Å². The van der Waals surface area contributed by atoms with Crippen LogP contribution >= 0.6 is 0 Å². The monoisotopic (exact) mass is 244 g/mol. The van der Waals surface area contributed by atoms with Gasteiger partial charge in [-0.2, -0.15) is 5.10 Å². The van der Waals surface area contributed by atoms with Crippen molar-refractivity contribution in [3.63, 3.8) is 0 Å². The standard InChI is InChI=1S/C13H16N4O/c1-4-17-12(7-8-15-17)11-6-5-10(9-14-11)13(18)16(2)3/h5-9H,4H2,1-3H3. The minimum Gasteiger partial charge on any atom is -0.345 e. The summed E-state index contributed by atoms with van der Waals surface area (Å²) in [5.41, 5.74) is 2.37. The lowest BCUT2D eigenvalue weighted by molar-refractivity contribution is 0.0827. The summed E-state index contributed by atoms with van der Waals surface area (Å²) in [6.45, 7) is 2.82. The highest BCUT2D eigenvalue weighted by atomic mass is 16.2. The van der Waals surface area contributed by atoms with Gasteiger partial charge in [-0.05, 0) is 25.1 Å². The van der Waals surface area contributed by atoms with E-state index in [2.05, 4.69) is 10.1 Å². The molecule has 5 nitrogen and oxygen atoms in total. The third kappa shape index (κ3) is 2.25. The summed E-state index contributed by atoms with van der Waals surface area (Å²) in [5.74, 6) is -0.0435. The van der Waals surface area contributed by atoms with Crippen LogP contribution in [0.15, 0.2) is 30.6 Å². The van der Waals surface area contributed by atoms with Crippen molar-refractivity contribution in [1.82, 2.24) is 19.7 Å². The molecule has 0 unspecified atom stereocenters. The fraction of sp³-hybridized carbons (Fsp3) is 0.308. The molecular formula is C13H16N4O. The number of nitrogens with zero attached hydrogens (tertiary/aromatic N) is 4. The van der Waals surface area contributed by atoms with E-state index in [1.165, 1.54) is 4.90 Å². The zero-order valence-corrected chi connectivity index (χ0v) is 10.8. The predicted octanol–water partition coefficient (Wildman–Crippen LogP) is 1.67. The molecule has 2 rings (SSSR count). The number of aromatic nitrogens is 3. The normalized spacial score (nSPS) is 10.4. The number of amides is 1. The second kappa shape index (κ2) is 5.00. The van der Waals surface area contributed by atoms with Crippen molar-refractivity contribution in [2.45, 2.75) is 13.5 Å². The van der Waals surface area contributed by atoms with Gasteiger partial charge in [-0.25, -0.2) is 0 Å². The van der Waals surface area contributed by atoms with E-state index < -0.39 is 0 Å². The molecule has 0 spiro atoms. The molecule has 94 valence electrons. The van der Waals surface area contributed by atoms with Gasteiger partial charge in [0.1, 0.15) is 0 Å². The largest absolute Gasteiger partial charge is 0.345 e. The van der Waals surface area contributed by atoms with Crippen LogP contribution in [0.2, 0.25) is 0 Å². The van der Waals surface area contributed by atoms with Gasteiger partial charge in [0.05, 0.1) is 17.0 Å². The Kier molecular flexibility index (Phi) is 3.41. The van der Waals surface area contributed by atoms with Crippen LogP contribution in [0.25, 0.3) is 11.4 Å². The SMILES string of the molecule is CCn1nccc1-c1ccc(C(=O)N(C)C)cn1. The Morgan fingerprint density at radius 2 is 2.11 bits per heavy atom. The van der Waals surface area contributed by atoms with E-state index >= 15 is 0 Å². The van der Waals surface area contributed by atoms with Gasteiger partial charge in [-0.1, -0.05) is 0 Å². The molecule has 1 amide bonds. The number of carbonyl (C=O) groups is 1. The van der Waals surface area contributed by atoms with E-state index in [1.807, 2.05) is 23.7 Å². The zero-order valence-electron chi connectivity index (χ0n) is 10.8. The summed E-state index contributed by atoms with van der Waals surface area (Å²) in [5, 5.41) is 4.20. The second-order valence-corrected chi connectivity index (χ2v) is 4.16. The van der Waals surface area contributed by atoms with E-state index in [4.69, 9.17) is 0 Å². The minimum atomic E-state index is -0.0435. The highest BCUT2D eigenvalue weighted by Crippen LogP contribution is 2.16. The van der Waals surface area contributed by atoms with Crippen LogP contribution in [0.5, 0.6) is 0 Å². The molecule has 2 aromatic heterocycles. The first-order valence-corrected chi connectivity index (χ1v) is 5.83. The number of carbonyl (C=O) groups excluding carboxylic acids is 1. The molecule has 0 bridgehead atoms. The van der Waals surface area contributed by atoms with Crippen LogP contribution in [0.4, 0.5) is 0 Å². The molecule has 18 heavy (non-hydrogen) atoms. The molecule has 0 radical (unpaired) electrons. The number of hydrogen-bond donors (Lipinski definition) is 0. The molecule has 5 heteroatoms. The average Bonchev–Trinajstić information content (AvgIpc) is 2.86. The molecule has 2 aromatic rings. The van der Waals surface area contributed by atoms with Crippen LogP contribution in [0, 0.1) is 0 Å². The lowest BCUT2D eigenvalue weighted by Gasteiger charge is -2.10. The summed E-state index contributed by atoms with van der Waals surface area (Å²) >= 11 is 0. The van der Waals surface area contributed by atoms with E-state index in [1.54, 1.807) is 32.6 Å². The van der Waals surface area contributed by atoms with Gasteiger partial charge in [0.2, 0.25) is 0 Å². The first-order chi connectivity index (χ1) is 8.63. The van der Waals surface area contributed by atoms with Crippen molar-refractivity contribution < 1.29 is 4.79 Å². The fourth-order valence-electron chi connectivity index (χ4n) is 1.73. The van der Waals surface area contributed by atoms with E-state index in [0.29, 0.717) is 5.56 Å². The molecule has 0 aliphatic rings. The Hall–Kier alpha value is -2.17. The van der Waals surface area contributed by atoms with Gasteiger partial charge < -0.3 is 4.90 Å². The van der Waals surface area contributed by atoms with Crippen molar-refractivity contribution in [2.24, 2.45) is 0 Å².